The molecule has 0 fully saturated rings. The molecule has 0 aliphatic heterocycles. The van der Waals surface area contributed by atoms with Crippen LogP contribution in [0.4, 0.5) is 17.6 Å². The second-order valence-electron chi connectivity index (χ2n) is 1.55. The Balaban J connectivity index is -0.000000180. The minimum Gasteiger partial charge on any atom is -0.281 e. The SMILES string of the molecule is O=S(=O)(O)C(F)F.O=S(=O)(O)C(F)F.[Zn]. The first-order valence-electron chi connectivity index (χ1n) is 2.38. The molecule has 0 radical (unpaired) electrons. The largest absolute Gasteiger partial charge is 0.361 e. The number of hydrogen-bond acceptors (Lipinski definition) is 4. The molecule has 0 rings (SSSR count). The van der Waals surface area contributed by atoms with Gasteiger partial charge in [0.2, 0.25) is 0 Å². The summed E-state index contributed by atoms with van der Waals surface area (Å²) < 4.78 is 94.0. The van der Waals surface area contributed by atoms with Crippen LogP contribution in [0.1, 0.15) is 0 Å². The maximum absolute atomic E-state index is 10.7. The Morgan fingerprint density at radius 2 is 0.800 bits per heavy atom. The Morgan fingerprint density at radius 1 is 0.733 bits per heavy atom. The van der Waals surface area contributed by atoms with Crippen LogP contribution in [0.15, 0.2) is 0 Å². The summed E-state index contributed by atoms with van der Waals surface area (Å²) in [5.41, 5.74) is 0. The second kappa shape index (κ2) is 7.44. The number of alkyl halides is 4. The van der Waals surface area contributed by atoms with Crippen LogP contribution in [-0.2, 0) is 39.7 Å². The van der Waals surface area contributed by atoms with E-state index in [1.165, 1.54) is 0 Å². The molecule has 6 nitrogen and oxygen atoms in total. The zero-order chi connectivity index (χ0) is 12.2. The first kappa shape index (κ1) is 20.6. The predicted molar refractivity (Wildman–Crippen MR) is 35.1 cm³/mol. The zero-order valence-corrected chi connectivity index (χ0v) is 11.3. The van der Waals surface area contributed by atoms with Gasteiger partial charge in [0, 0.05) is 19.5 Å². The average molecular weight is 330 g/mol. The molecule has 2 N–H and O–H groups in total. The summed E-state index contributed by atoms with van der Waals surface area (Å²) in [4.78, 5) is 0. The molecule has 0 heterocycles. The maximum atomic E-state index is 10.7. The van der Waals surface area contributed by atoms with Crippen molar-refractivity contribution < 1.29 is 63.0 Å². The van der Waals surface area contributed by atoms with Crippen molar-refractivity contribution in [3.05, 3.63) is 0 Å². The molecule has 0 atom stereocenters. The molecule has 0 saturated carbocycles. The van der Waals surface area contributed by atoms with E-state index in [1.54, 1.807) is 0 Å². The Hall–Kier alpha value is 0.163. The Morgan fingerprint density at radius 3 is 0.800 bits per heavy atom. The van der Waals surface area contributed by atoms with Crippen molar-refractivity contribution in [1.82, 2.24) is 0 Å². The third-order valence-corrected chi connectivity index (χ3v) is 1.35. The van der Waals surface area contributed by atoms with Crippen molar-refractivity contribution in [2.45, 2.75) is 11.5 Å². The molecule has 15 heavy (non-hydrogen) atoms. The molecule has 0 amide bonds. The zero-order valence-electron chi connectivity index (χ0n) is 6.72. The summed E-state index contributed by atoms with van der Waals surface area (Å²) in [6.07, 6.45) is 0. The normalized spacial score (nSPS) is 11.7. The van der Waals surface area contributed by atoms with E-state index in [0.717, 1.165) is 0 Å². The van der Waals surface area contributed by atoms with Gasteiger partial charge in [0.15, 0.2) is 0 Å². The number of halogens is 4. The summed E-state index contributed by atoms with van der Waals surface area (Å²) in [7, 11) is -10.1. The maximum Gasteiger partial charge on any atom is 0.361 e. The molecule has 0 aliphatic rings. The van der Waals surface area contributed by atoms with Crippen LogP contribution in [0.5, 0.6) is 0 Å². The Kier molecular flexibility index (Phi) is 10.2. The quantitative estimate of drug-likeness (QED) is 0.425. The van der Waals surface area contributed by atoms with E-state index in [2.05, 4.69) is 0 Å². The summed E-state index contributed by atoms with van der Waals surface area (Å²) >= 11 is 0. The van der Waals surface area contributed by atoms with E-state index in [0.29, 0.717) is 0 Å². The van der Waals surface area contributed by atoms with Crippen molar-refractivity contribution in [2.75, 3.05) is 0 Å². The van der Waals surface area contributed by atoms with E-state index < -0.39 is 31.8 Å². The summed E-state index contributed by atoms with van der Waals surface area (Å²) in [5.74, 6) is -7.35. The van der Waals surface area contributed by atoms with Crippen molar-refractivity contribution in [3.8, 4) is 0 Å². The fraction of sp³-hybridized carbons (Fsp3) is 1.00. The third-order valence-electron chi connectivity index (χ3n) is 0.450. The van der Waals surface area contributed by atoms with Crippen molar-refractivity contribution in [1.29, 1.82) is 0 Å². The molecular weight excluding hydrogens is 326 g/mol. The second-order valence-corrected chi connectivity index (χ2v) is 4.32. The number of hydrogen-bond donors (Lipinski definition) is 2. The van der Waals surface area contributed by atoms with Crippen LogP contribution < -0.4 is 0 Å². The molecule has 0 saturated heterocycles. The van der Waals surface area contributed by atoms with Crippen LogP contribution >= 0.6 is 0 Å². The molecule has 0 aromatic rings. The number of rotatable bonds is 2. The Labute approximate surface area is 94.9 Å². The molecule has 0 spiro atoms. The molecular formula is C2H4F4O6S2Zn. The fourth-order valence-corrected chi connectivity index (χ4v) is 0. The Bertz CT molecular complexity index is 311. The van der Waals surface area contributed by atoms with Gasteiger partial charge in [-0.2, -0.15) is 34.4 Å². The van der Waals surface area contributed by atoms with E-state index in [-0.39, 0.29) is 19.5 Å². The first-order chi connectivity index (χ1) is 5.89. The monoisotopic (exact) mass is 328 g/mol. The van der Waals surface area contributed by atoms with Crippen LogP contribution in [0.2, 0.25) is 0 Å². The van der Waals surface area contributed by atoms with Crippen molar-refractivity contribution >= 4 is 20.2 Å². The van der Waals surface area contributed by atoms with Gasteiger partial charge in [-0.25, -0.2) is 0 Å². The topological polar surface area (TPSA) is 109 Å². The van der Waals surface area contributed by atoms with Gasteiger partial charge in [0.05, 0.1) is 0 Å². The molecule has 0 bridgehead atoms. The van der Waals surface area contributed by atoms with Crippen molar-refractivity contribution in [3.63, 3.8) is 0 Å². The molecule has 0 aromatic carbocycles. The minimum absolute atomic E-state index is 0. The van der Waals surface area contributed by atoms with E-state index in [4.69, 9.17) is 25.9 Å². The minimum atomic E-state index is -5.07. The smallest absolute Gasteiger partial charge is 0.281 e. The standard InChI is InChI=1S/2CH2F2O3S.Zn/c2*2-1(3)7(4,5)6;/h2*1H,(H,4,5,6);. The van der Waals surface area contributed by atoms with Gasteiger partial charge in [-0.05, 0) is 0 Å². The van der Waals surface area contributed by atoms with E-state index in [1.807, 2.05) is 0 Å². The average Bonchev–Trinajstić information content (AvgIpc) is 1.83. The predicted octanol–water partition coefficient (Wildman–Crippen LogP) is 0.191. The fourth-order valence-electron chi connectivity index (χ4n) is 0. The van der Waals surface area contributed by atoms with Gasteiger partial charge in [0.1, 0.15) is 0 Å². The van der Waals surface area contributed by atoms with Crippen molar-refractivity contribution in [2.24, 2.45) is 0 Å². The first-order valence-corrected chi connectivity index (χ1v) is 5.38. The summed E-state index contributed by atoms with van der Waals surface area (Å²) in [5, 5.41) is 0. The van der Waals surface area contributed by atoms with Gasteiger partial charge in [-0.15, -0.1) is 0 Å². The van der Waals surface area contributed by atoms with Crippen LogP contribution in [0.25, 0.3) is 0 Å². The third kappa shape index (κ3) is 14.2. The van der Waals surface area contributed by atoms with Gasteiger partial charge < -0.3 is 0 Å². The van der Waals surface area contributed by atoms with Gasteiger partial charge in [-0.1, -0.05) is 0 Å². The van der Waals surface area contributed by atoms with E-state index >= 15 is 0 Å². The summed E-state index contributed by atoms with van der Waals surface area (Å²) in [6.45, 7) is 0. The molecule has 13 heteroatoms. The molecule has 0 aromatic heterocycles. The summed E-state index contributed by atoms with van der Waals surface area (Å²) in [6, 6.07) is 0. The van der Waals surface area contributed by atoms with Gasteiger partial charge in [0.25, 0.3) is 0 Å². The van der Waals surface area contributed by atoms with Gasteiger partial charge in [-0.3, -0.25) is 9.11 Å². The van der Waals surface area contributed by atoms with E-state index in [9.17, 15) is 17.6 Å². The van der Waals surface area contributed by atoms with Crippen LogP contribution in [-0.4, -0.2) is 37.5 Å². The molecule has 0 unspecified atom stereocenters. The van der Waals surface area contributed by atoms with Crippen LogP contribution in [0, 0.1) is 0 Å². The van der Waals surface area contributed by atoms with Crippen LogP contribution in [0.3, 0.4) is 0 Å². The molecule has 90 valence electrons. The molecule has 0 aliphatic carbocycles. The van der Waals surface area contributed by atoms with Gasteiger partial charge >= 0.3 is 31.8 Å².